The Balaban J connectivity index is 4.55. The summed E-state index contributed by atoms with van der Waals surface area (Å²) < 4.78 is 0. The molecule has 1 N–H and O–H groups in total. The van der Waals surface area contributed by atoms with E-state index in [4.69, 9.17) is 0 Å². The Bertz CT molecular complexity index is 244. The maximum absolute atomic E-state index is 11.9. The molecule has 3 nitrogen and oxygen atoms in total. The van der Waals surface area contributed by atoms with Gasteiger partial charge in [0.1, 0.15) is 0 Å². The van der Waals surface area contributed by atoms with E-state index >= 15 is 0 Å². The Morgan fingerprint density at radius 3 is 1.75 bits per heavy atom. The highest BCUT2D eigenvalue weighted by Gasteiger charge is 2.24. The summed E-state index contributed by atoms with van der Waals surface area (Å²) in [6.45, 7) is 11.5. The average molecular weight is 234 g/mol. The van der Waals surface area contributed by atoms with Crippen molar-refractivity contribution in [3.8, 4) is 0 Å². The van der Waals surface area contributed by atoms with E-state index in [1.165, 1.54) is 0 Å². The Hall–Kier alpha value is -0.860. The number of amides is 1. The van der Waals surface area contributed by atoms with Gasteiger partial charge in [-0.3, -0.25) is 9.59 Å². The molecule has 0 aromatic rings. The van der Waals surface area contributed by atoms with Crippen LogP contribution < -0.4 is 5.32 Å². The third-order valence-corrected chi connectivity index (χ3v) is 2.46. The topological polar surface area (TPSA) is 46.2 Å². The predicted octanol–water partition coefficient (Wildman–Crippen LogP) is 2.40. The molecule has 16 heavy (non-hydrogen) atoms. The first-order valence-electron chi connectivity index (χ1n) is 6.09. The van der Waals surface area contributed by atoms with Gasteiger partial charge in [0.05, 0.1) is 6.04 Å². The number of Topliss-reactive ketones (excluding diaryl/α,β-unsaturated/α-hetero) is 1. The van der Waals surface area contributed by atoms with Crippen LogP contribution in [0.25, 0.3) is 0 Å². The number of ketones is 1. The van der Waals surface area contributed by atoms with Gasteiger partial charge in [0.2, 0.25) is 5.91 Å². The first-order valence-corrected chi connectivity index (χ1v) is 6.09. The zero-order valence-corrected chi connectivity index (χ0v) is 11.3. The lowest BCUT2D eigenvalue weighted by Gasteiger charge is -2.22. The molecule has 0 bridgehead atoms. The number of hydrogen-bond donors (Lipinski definition) is 1. The predicted molar refractivity (Wildman–Crippen MR) is 66.1 cm³/mol. The number of carbonyl (C=O) groups excluding carboxylic acids is 2. The van der Waals surface area contributed by atoms with Crippen molar-refractivity contribution in [3.05, 3.63) is 0 Å². The van der Waals surface area contributed by atoms with Gasteiger partial charge in [-0.1, -0.05) is 41.5 Å². The van der Waals surface area contributed by atoms with Gasteiger partial charge in [0.25, 0.3) is 0 Å². The van der Waals surface area contributed by atoms with Crippen LogP contribution in [0.15, 0.2) is 0 Å². The molecule has 0 aliphatic carbocycles. The lowest BCUT2D eigenvalue weighted by Crippen LogP contribution is -2.45. The van der Waals surface area contributed by atoms with E-state index in [1.807, 2.05) is 27.7 Å². The Morgan fingerprint density at radius 1 is 0.938 bits per heavy atom. The normalized spacial score (nSPS) is 13.3. The summed E-state index contributed by atoms with van der Waals surface area (Å²) in [5.74, 6) is 0.383. The summed E-state index contributed by atoms with van der Waals surface area (Å²) in [5, 5.41) is 2.84. The van der Waals surface area contributed by atoms with Crippen molar-refractivity contribution in [1.29, 1.82) is 0 Å². The molecule has 0 heterocycles. The Morgan fingerprint density at radius 2 is 1.44 bits per heavy atom. The monoisotopic (exact) mass is 234 g/mol. The van der Waals surface area contributed by atoms with Crippen molar-refractivity contribution in [3.63, 3.8) is 0 Å². The van der Waals surface area contributed by atoms with E-state index < -0.39 is 0 Å². The van der Waals surface area contributed by atoms with Crippen LogP contribution in [0.4, 0.5) is 0 Å². The molecule has 0 radical (unpaired) electrons. The molecule has 94 valence electrons. The first kappa shape index (κ1) is 15.1. The lowest BCUT2D eigenvalue weighted by molar-refractivity contribution is -0.131. The summed E-state index contributed by atoms with van der Waals surface area (Å²) in [4.78, 5) is 23.5. The zero-order valence-electron chi connectivity index (χ0n) is 11.3. The van der Waals surface area contributed by atoms with Crippen molar-refractivity contribution in [2.45, 2.75) is 54.0 Å². The highest BCUT2D eigenvalue weighted by atomic mass is 18.1. The number of hydrogen-bond acceptors (Lipinski definition) is 2. The van der Waals surface area contributed by atoms with E-state index in [0.29, 0.717) is 5.92 Å². The largest absolute Gasteiger partial charge is 0.346 e. The summed E-state index contributed by atoms with van der Waals surface area (Å²) in [6, 6.07) is -0.324. The number of rotatable bonds is 6. The lowest BCUT2D eigenvalue weighted by atomic mass is 10.1. The van der Waals surface area contributed by atoms with Crippen molar-refractivity contribution in [2.75, 3.05) is 0 Å². The first-order chi connectivity index (χ1) is 7.25. The SMILES string of the molecule is CC(C)CC([15NH][13C](=[18O])C(C)C)[13C](=[18O])C(C)C. The van der Waals surface area contributed by atoms with E-state index in [9.17, 15) is 9.59 Å². The summed E-state index contributed by atoms with van der Waals surface area (Å²) >= 11 is 0. The molecular weight excluding hydrogens is 209 g/mol. The van der Waals surface area contributed by atoms with Gasteiger partial charge in [-0.05, 0) is 12.3 Å². The zero-order chi connectivity index (χ0) is 12.9. The highest BCUT2D eigenvalue weighted by molar-refractivity contribution is 5.90. The van der Waals surface area contributed by atoms with Crippen LogP contribution in [-0.4, -0.2) is 17.7 Å². The van der Waals surface area contributed by atoms with Crippen LogP contribution >= 0.6 is 0 Å². The minimum absolute atomic E-state index is 0.0313. The average Bonchev–Trinajstić information content (AvgIpc) is 2.14. The number of nitrogens with one attached hydrogen (secondary N) is 1. The molecule has 0 fully saturated rings. The fraction of sp³-hybridized carbons (Fsp3) is 0.846. The van der Waals surface area contributed by atoms with Gasteiger partial charge in [0.15, 0.2) is 5.78 Å². The smallest absolute Gasteiger partial charge is 0.223 e. The molecule has 0 saturated carbocycles. The minimum atomic E-state index is -0.324. The second-order valence-electron chi connectivity index (χ2n) is 5.40. The molecular formula is C13H25NO2. The molecule has 0 aliphatic rings. The minimum Gasteiger partial charge on any atom is -0.346 e. The molecule has 0 saturated heterocycles. The van der Waals surface area contributed by atoms with Crippen molar-refractivity contribution in [1.82, 2.24) is 5.32 Å². The molecule has 3 heteroatoms. The Labute approximate surface area is 99.0 Å². The maximum Gasteiger partial charge on any atom is 0.223 e. The van der Waals surface area contributed by atoms with Gasteiger partial charge in [0, 0.05) is 11.8 Å². The second kappa shape index (κ2) is 6.66. The summed E-state index contributed by atoms with van der Waals surface area (Å²) in [6.07, 6.45) is 0.718. The summed E-state index contributed by atoms with van der Waals surface area (Å²) in [7, 11) is 0. The molecule has 1 atom stereocenters. The van der Waals surface area contributed by atoms with E-state index in [1.54, 1.807) is 0 Å². The van der Waals surface area contributed by atoms with E-state index in [0.717, 1.165) is 6.42 Å². The van der Waals surface area contributed by atoms with Crippen LogP contribution in [-0.2, 0) is 9.59 Å². The molecule has 0 aromatic heterocycles. The van der Waals surface area contributed by atoms with Gasteiger partial charge in [-0.15, -0.1) is 0 Å². The fourth-order valence-electron chi connectivity index (χ4n) is 1.46. The molecule has 0 aromatic carbocycles. The van der Waals surface area contributed by atoms with Crippen LogP contribution in [0.5, 0.6) is 0 Å². The molecule has 1 amide bonds. The molecule has 0 spiro atoms. The van der Waals surface area contributed by atoms with E-state index in [2.05, 4.69) is 19.2 Å². The van der Waals surface area contributed by atoms with Crippen LogP contribution in [0, 0.1) is 17.8 Å². The van der Waals surface area contributed by atoms with E-state index in [-0.39, 0.29) is 29.6 Å². The number of carbonyl (C=O) groups is 2. The van der Waals surface area contributed by atoms with Gasteiger partial charge in [-0.25, -0.2) is 0 Å². The molecule has 0 rings (SSSR count). The molecule has 0 aliphatic heterocycles. The fourth-order valence-corrected chi connectivity index (χ4v) is 1.46. The standard InChI is InChI=1S/C13H25NO2/c1-8(2)7-11(12(15)9(3)4)14-13(16)10(5)6/h8-11H,7H2,1-6H3,(H,14,16)/i12+1,13+1,14+1,15+2,16+2. The van der Waals surface area contributed by atoms with Crippen molar-refractivity contribution >= 4 is 11.7 Å². The van der Waals surface area contributed by atoms with Crippen LogP contribution in [0.3, 0.4) is 0 Å². The molecule has 1 unspecified atom stereocenters. The van der Waals surface area contributed by atoms with Crippen molar-refractivity contribution in [2.24, 2.45) is 17.8 Å². The van der Waals surface area contributed by atoms with Gasteiger partial charge < -0.3 is 5.32 Å². The highest BCUT2D eigenvalue weighted by Crippen LogP contribution is 2.11. The van der Waals surface area contributed by atoms with Gasteiger partial charge >= 0.3 is 0 Å². The van der Waals surface area contributed by atoms with Crippen LogP contribution in [0.1, 0.15) is 48.0 Å². The third kappa shape index (κ3) is 5.29. The van der Waals surface area contributed by atoms with Gasteiger partial charge in [-0.2, -0.15) is 0 Å². The third-order valence-electron chi connectivity index (χ3n) is 2.46. The van der Waals surface area contributed by atoms with Crippen LogP contribution in [0.2, 0.25) is 0 Å². The Kier molecular flexibility index (Phi) is 6.31. The quantitative estimate of drug-likeness (QED) is 0.436. The second-order valence-corrected chi connectivity index (χ2v) is 5.40. The van der Waals surface area contributed by atoms with Crippen molar-refractivity contribution < 1.29 is 9.59 Å². The maximum atomic E-state index is 11.9. The summed E-state index contributed by atoms with van der Waals surface area (Å²) in [5.41, 5.74) is 0.